The van der Waals surface area contributed by atoms with Crippen LogP contribution >= 0.6 is 0 Å². The van der Waals surface area contributed by atoms with Crippen molar-refractivity contribution in [3.05, 3.63) is 28.3 Å². The summed E-state index contributed by atoms with van der Waals surface area (Å²) < 4.78 is 28.3. The van der Waals surface area contributed by atoms with Gasteiger partial charge in [0.25, 0.3) is 0 Å². The molecule has 128 valence electrons. The van der Waals surface area contributed by atoms with E-state index in [1.54, 1.807) is 11.4 Å². The van der Waals surface area contributed by atoms with Crippen LogP contribution < -0.4 is 5.32 Å². The monoisotopic (exact) mass is 336 g/mol. The molecule has 2 aliphatic heterocycles. The minimum Gasteiger partial charge on any atom is -0.311 e. The van der Waals surface area contributed by atoms with Crippen LogP contribution in [0.15, 0.2) is 11.0 Å². The lowest BCUT2D eigenvalue weighted by Crippen LogP contribution is -2.48. The van der Waals surface area contributed by atoms with Gasteiger partial charge < -0.3 is 5.32 Å². The molecule has 0 radical (unpaired) electrons. The van der Waals surface area contributed by atoms with E-state index in [2.05, 4.69) is 11.4 Å². The van der Waals surface area contributed by atoms with Crippen molar-refractivity contribution in [2.75, 3.05) is 7.05 Å². The average Bonchev–Trinajstić information content (AvgIpc) is 2.82. The Morgan fingerprint density at radius 3 is 1.96 bits per heavy atom. The zero-order valence-corrected chi connectivity index (χ0v) is 15.6. The van der Waals surface area contributed by atoms with Crippen molar-refractivity contribution in [3.63, 3.8) is 0 Å². The number of rotatable bonds is 3. The fraction of sp³-hybridized carbons (Fsp3) is 0.667. The quantitative estimate of drug-likeness (QED) is 0.923. The summed E-state index contributed by atoms with van der Waals surface area (Å²) in [6, 6.07) is 3.16. The molecule has 3 rings (SSSR count). The van der Waals surface area contributed by atoms with Gasteiger partial charge in [0.2, 0.25) is 10.0 Å². The van der Waals surface area contributed by atoms with Crippen molar-refractivity contribution in [2.45, 2.75) is 76.4 Å². The summed E-state index contributed by atoms with van der Waals surface area (Å²) in [7, 11) is -1.69. The van der Waals surface area contributed by atoms with Crippen LogP contribution in [0.5, 0.6) is 0 Å². The molecule has 2 unspecified atom stereocenters. The minimum atomic E-state index is -3.46. The third kappa shape index (κ3) is 2.83. The van der Waals surface area contributed by atoms with Crippen molar-refractivity contribution in [1.82, 2.24) is 9.62 Å². The van der Waals surface area contributed by atoms with Crippen molar-refractivity contribution < 1.29 is 8.42 Å². The Hall–Kier alpha value is -0.910. The first-order valence-electron chi connectivity index (χ1n) is 8.53. The van der Waals surface area contributed by atoms with Crippen LogP contribution in [0.3, 0.4) is 0 Å². The molecule has 2 bridgehead atoms. The first-order valence-corrected chi connectivity index (χ1v) is 9.97. The van der Waals surface area contributed by atoms with Crippen LogP contribution in [0.1, 0.15) is 47.9 Å². The van der Waals surface area contributed by atoms with Gasteiger partial charge in [0.15, 0.2) is 0 Å². The molecule has 2 fully saturated rings. The molecule has 1 N–H and O–H groups in total. The van der Waals surface area contributed by atoms with Gasteiger partial charge in [-0.25, -0.2) is 8.42 Å². The molecule has 2 atom stereocenters. The van der Waals surface area contributed by atoms with Crippen molar-refractivity contribution >= 4 is 10.0 Å². The van der Waals surface area contributed by atoms with E-state index in [0.29, 0.717) is 17.0 Å². The molecule has 0 amide bonds. The Kier molecular flexibility index (Phi) is 4.32. The van der Waals surface area contributed by atoms with Gasteiger partial charge in [-0.1, -0.05) is 6.07 Å². The summed E-state index contributed by atoms with van der Waals surface area (Å²) in [5, 5.41) is 3.59. The van der Waals surface area contributed by atoms with Gasteiger partial charge in [-0.15, -0.1) is 0 Å². The highest BCUT2D eigenvalue weighted by molar-refractivity contribution is 7.89. The Morgan fingerprint density at radius 2 is 1.48 bits per heavy atom. The Bertz CT molecular complexity index is 689. The van der Waals surface area contributed by atoms with E-state index in [4.69, 9.17) is 0 Å². The van der Waals surface area contributed by atoms with Crippen LogP contribution in [0, 0.1) is 27.7 Å². The molecule has 1 aromatic carbocycles. The summed E-state index contributed by atoms with van der Waals surface area (Å²) in [6.45, 7) is 7.83. The lowest BCUT2D eigenvalue weighted by Gasteiger charge is -2.35. The zero-order valence-electron chi connectivity index (χ0n) is 14.8. The maximum absolute atomic E-state index is 13.3. The number of benzene rings is 1. The predicted molar refractivity (Wildman–Crippen MR) is 93.3 cm³/mol. The van der Waals surface area contributed by atoms with E-state index in [-0.39, 0.29) is 6.04 Å². The van der Waals surface area contributed by atoms with E-state index in [1.807, 2.05) is 27.7 Å². The number of piperidine rings is 1. The summed E-state index contributed by atoms with van der Waals surface area (Å²) in [5.74, 6) is 0. The molecule has 0 aliphatic carbocycles. The predicted octanol–water partition coefficient (Wildman–Crippen LogP) is 2.82. The maximum atomic E-state index is 13.3. The van der Waals surface area contributed by atoms with Gasteiger partial charge >= 0.3 is 0 Å². The lowest BCUT2D eigenvalue weighted by molar-refractivity contribution is 0.251. The fourth-order valence-corrected chi connectivity index (χ4v) is 6.18. The van der Waals surface area contributed by atoms with E-state index in [9.17, 15) is 8.42 Å². The second-order valence-corrected chi connectivity index (χ2v) is 9.31. The molecule has 2 heterocycles. The maximum Gasteiger partial charge on any atom is 0.243 e. The van der Waals surface area contributed by atoms with Crippen LogP contribution in [-0.4, -0.2) is 37.9 Å². The van der Waals surface area contributed by atoms with E-state index >= 15 is 0 Å². The molecule has 5 heteroatoms. The number of hydrogen-bond donors (Lipinski definition) is 1. The number of fused-ring (bicyclic) bond motifs is 2. The largest absolute Gasteiger partial charge is 0.311 e. The molecule has 2 aliphatic rings. The van der Waals surface area contributed by atoms with Gasteiger partial charge in [-0.3, -0.25) is 0 Å². The first-order chi connectivity index (χ1) is 10.7. The van der Waals surface area contributed by atoms with Gasteiger partial charge in [0.1, 0.15) is 0 Å². The van der Waals surface area contributed by atoms with Gasteiger partial charge in [-0.05, 0) is 75.6 Å². The Balaban J connectivity index is 1.99. The van der Waals surface area contributed by atoms with Gasteiger partial charge in [0, 0.05) is 25.2 Å². The van der Waals surface area contributed by atoms with Gasteiger partial charge in [0.05, 0.1) is 4.90 Å². The van der Waals surface area contributed by atoms with E-state index < -0.39 is 10.0 Å². The smallest absolute Gasteiger partial charge is 0.243 e. The molecule has 2 saturated heterocycles. The fourth-order valence-electron chi connectivity index (χ4n) is 4.23. The summed E-state index contributed by atoms with van der Waals surface area (Å²) in [6.07, 6.45) is 4.21. The molecule has 23 heavy (non-hydrogen) atoms. The number of hydrogen-bond acceptors (Lipinski definition) is 3. The number of aryl methyl sites for hydroxylation is 2. The van der Waals surface area contributed by atoms with Crippen LogP contribution in [-0.2, 0) is 10.0 Å². The Labute approximate surface area is 140 Å². The van der Waals surface area contributed by atoms with Crippen LogP contribution in [0.2, 0.25) is 0 Å². The highest BCUT2D eigenvalue weighted by Crippen LogP contribution is 2.34. The van der Waals surface area contributed by atoms with E-state index in [0.717, 1.165) is 35.1 Å². The van der Waals surface area contributed by atoms with Crippen molar-refractivity contribution in [1.29, 1.82) is 0 Å². The average molecular weight is 337 g/mol. The highest BCUT2D eigenvalue weighted by atomic mass is 32.2. The summed E-state index contributed by atoms with van der Waals surface area (Å²) in [4.78, 5) is 0.517. The summed E-state index contributed by atoms with van der Waals surface area (Å²) >= 11 is 0. The number of nitrogens with zero attached hydrogens (tertiary/aromatic N) is 1. The lowest BCUT2D eigenvalue weighted by atomic mass is 10.0. The van der Waals surface area contributed by atoms with Crippen molar-refractivity contribution in [2.24, 2.45) is 0 Å². The molecular weight excluding hydrogens is 308 g/mol. The second kappa shape index (κ2) is 5.87. The highest BCUT2D eigenvalue weighted by Gasteiger charge is 2.39. The molecular formula is C18H28N2O2S. The third-order valence-corrected chi connectivity index (χ3v) is 8.08. The number of nitrogens with one attached hydrogen (secondary N) is 1. The molecule has 0 spiro atoms. The zero-order chi connectivity index (χ0) is 16.9. The normalized spacial score (nSPS) is 27.7. The molecule has 0 saturated carbocycles. The molecule has 4 nitrogen and oxygen atoms in total. The van der Waals surface area contributed by atoms with E-state index in [1.165, 1.54) is 12.8 Å². The minimum absolute atomic E-state index is 0.110. The van der Waals surface area contributed by atoms with Gasteiger partial charge in [-0.2, -0.15) is 4.31 Å². The second-order valence-electron chi connectivity index (χ2n) is 7.37. The first kappa shape index (κ1) is 16.9. The van der Waals surface area contributed by atoms with Crippen molar-refractivity contribution in [3.8, 4) is 0 Å². The number of sulfonamides is 1. The standard InChI is InChI=1S/C18H28N2O2S/c1-11-8-12(2)14(4)18(13(11)3)23(21,22)20(5)17-9-15-6-7-16(10-17)19-15/h8,15-17,19H,6-7,9-10H2,1-5H3. The summed E-state index contributed by atoms with van der Waals surface area (Å²) in [5.41, 5.74) is 3.87. The van der Waals surface area contributed by atoms with Crippen LogP contribution in [0.25, 0.3) is 0 Å². The Morgan fingerprint density at radius 1 is 1.00 bits per heavy atom. The molecule has 0 aromatic heterocycles. The van der Waals surface area contributed by atoms with Crippen LogP contribution in [0.4, 0.5) is 0 Å². The third-order valence-electron chi connectivity index (χ3n) is 5.90. The topological polar surface area (TPSA) is 49.4 Å². The SMILES string of the molecule is Cc1cc(C)c(C)c(S(=O)(=O)N(C)C2CC3CCC(C2)N3)c1C. The molecule has 1 aromatic rings.